The van der Waals surface area contributed by atoms with Gasteiger partial charge < -0.3 is 20.3 Å². The molecule has 0 radical (unpaired) electrons. The van der Waals surface area contributed by atoms with Gasteiger partial charge in [0.25, 0.3) is 0 Å². The van der Waals surface area contributed by atoms with E-state index in [1.165, 1.54) is 0 Å². The molecule has 2 atom stereocenters. The van der Waals surface area contributed by atoms with Crippen molar-refractivity contribution in [3.05, 3.63) is 23.8 Å². The Morgan fingerprint density at radius 1 is 1.40 bits per heavy atom. The van der Waals surface area contributed by atoms with Gasteiger partial charge in [0, 0.05) is 5.56 Å². The Morgan fingerprint density at radius 2 is 2.10 bits per heavy atom. The molecule has 1 aliphatic carbocycles. The molecule has 2 aliphatic rings. The summed E-state index contributed by atoms with van der Waals surface area (Å²) in [6, 6.07) is 5.24. The lowest BCUT2D eigenvalue weighted by Gasteiger charge is -2.43. The molecule has 1 fully saturated rings. The summed E-state index contributed by atoms with van der Waals surface area (Å²) in [4.78, 5) is 0. The van der Waals surface area contributed by atoms with Gasteiger partial charge in [-0.15, -0.1) is 12.4 Å². The van der Waals surface area contributed by atoms with E-state index in [0.29, 0.717) is 6.61 Å². The van der Waals surface area contributed by atoms with Crippen molar-refractivity contribution >= 4 is 12.4 Å². The van der Waals surface area contributed by atoms with E-state index in [-0.39, 0.29) is 24.0 Å². The molecule has 20 heavy (non-hydrogen) atoms. The molecule has 1 aromatic carbocycles. The number of nitrogens with two attached hydrogens (primary N) is 1. The van der Waals surface area contributed by atoms with Crippen LogP contribution in [0, 0.1) is 0 Å². The first-order valence-electron chi connectivity index (χ1n) is 7.06. The van der Waals surface area contributed by atoms with Gasteiger partial charge in [-0.2, -0.15) is 0 Å². The van der Waals surface area contributed by atoms with Crippen LogP contribution in [0.5, 0.6) is 11.5 Å². The molecular formula is C15H22ClNO3. The predicted molar refractivity (Wildman–Crippen MR) is 79.6 cm³/mol. The maximum atomic E-state index is 10.5. The highest BCUT2D eigenvalue weighted by Gasteiger charge is 2.49. The average molecular weight is 300 g/mol. The molecule has 4 nitrogen and oxygen atoms in total. The maximum Gasteiger partial charge on any atom is 0.127 e. The zero-order valence-corrected chi connectivity index (χ0v) is 12.5. The molecule has 1 aliphatic heterocycles. The van der Waals surface area contributed by atoms with Crippen LogP contribution in [0.15, 0.2) is 18.2 Å². The zero-order chi connectivity index (χ0) is 13.5. The number of ether oxygens (including phenoxy) is 2. The number of aliphatic hydroxyl groups is 1. The Kier molecular flexibility index (Phi) is 4.47. The summed E-state index contributed by atoms with van der Waals surface area (Å²) in [5.41, 5.74) is 6.61. The van der Waals surface area contributed by atoms with Gasteiger partial charge in [0.05, 0.1) is 12.6 Å². The molecule has 1 aromatic rings. The summed E-state index contributed by atoms with van der Waals surface area (Å²) in [6.07, 6.45) is 3.41. The fourth-order valence-electron chi connectivity index (χ4n) is 3.28. The molecular weight excluding hydrogens is 278 g/mol. The van der Waals surface area contributed by atoms with Crippen molar-refractivity contribution < 1.29 is 14.6 Å². The second kappa shape index (κ2) is 5.80. The summed E-state index contributed by atoms with van der Waals surface area (Å²) >= 11 is 0. The number of hydrogen-bond donors (Lipinski definition) is 2. The number of rotatable bonds is 2. The molecule has 112 valence electrons. The normalized spacial score (nSPS) is 26.6. The Hall–Kier alpha value is -0.970. The van der Waals surface area contributed by atoms with Crippen molar-refractivity contribution in [2.24, 2.45) is 5.73 Å². The molecule has 1 heterocycles. The number of fused-ring (bicyclic) bond motifs is 1. The zero-order valence-electron chi connectivity index (χ0n) is 11.7. The first kappa shape index (κ1) is 15.4. The van der Waals surface area contributed by atoms with Crippen LogP contribution in [0.25, 0.3) is 0 Å². The highest BCUT2D eigenvalue weighted by atomic mass is 35.5. The van der Waals surface area contributed by atoms with Gasteiger partial charge in [-0.25, -0.2) is 0 Å². The van der Waals surface area contributed by atoms with Crippen molar-refractivity contribution in [2.75, 3.05) is 6.61 Å². The van der Waals surface area contributed by atoms with E-state index in [9.17, 15) is 5.11 Å². The number of aliphatic hydroxyl groups excluding tert-OH is 1. The van der Waals surface area contributed by atoms with Crippen LogP contribution < -0.4 is 15.2 Å². The first-order chi connectivity index (χ1) is 9.16. The fourth-order valence-corrected chi connectivity index (χ4v) is 3.28. The highest BCUT2D eigenvalue weighted by Crippen LogP contribution is 2.47. The minimum absolute atomic E-state index is 0. The Bertz CT molecular complexity index is 474. The minimum atomic E-state index is -0.678. The number of halogens is 1. The van der Waals surface area contributed by atoms with E-state index >= 15 is 0 Å². The quantitative estimate of drug-likeness (QED) is 0.881. The predicted octanol–water partition coefficient (Wildman–Crippen LogP) is 2.57. The van der Waals surface area contributed by atoms with Crippen molar-refractivity contribution in [3.8, 4) is 11.5 Å². The molecule has 3 rings (SSSR count). The van der Waals surface area contributed by atoms with Crippen LogP contribution in [0.2, 0.25) is 0 Å². The Labute approximate surface area is 125 Å². The lowest BCUT2D eigenvalue weighted by molar-refractivity contribution is -0.0317. The third-order valence-electron chi connectivity index (χ3n) is 4.32. The summed E-state index contributed by atoms with van der Waals surface area (Å²) in [5.74, 6) is 1.50. The first-order valence-corrected chi connectivity index (χ1v) is 7.06. The van der Waals surface area contributed by atoms with E-state index in [4.69, 9.17) is 15.2 Å². The smallest absolute Gasteiger partial charge is 0.127 e. The summed E-state index contributed by atoms with van der Waals surface area (Å²) in [6.45, 7) is 2.54. The Balaban J connectivity index is 0.00000147. The molecule has 0 saturated heterocycles. The van der Waals surface area contributed by atoms with E-state index in [1.54, 1.807) is 0 Å². The molecule has 1 spiro atoms. The summed E-state index contributed by atoms with van der Waals surface area (Å²) in [5, 5.41) is 10.5. The third kappa shape index (κ3) is 2.36. The fraction of sp³-hybridized carbons (Fsp3) is 0.600. The second-order valence-corrected chi connectivity index (χ2v) is 5.48. The second-order valence-electron chi connectivity index (χ2n) is 5.48. The van der Waals surface area contributed by atoms with Gasteiger partial charge in [0.2, 0.25) is 0 Å². The summed E-state index contributed by atoms with van der Waals surface area (Å²) in [7, 11) is 0. The van der Waals surface area contributed by atoms with Crippen molar-refractivity contribution in [3.63, 3.8) is 0 Å². The van der Waals surface area contributed by atoms with Crippen LogP contribution in [0.4, 0.5) is 0 Å². The van der Waals surface area contributed by atoms with Gasteiger partial charge in [-0.05, 0) is 50.8 Å². The van der Waals surface area contributed by atoms with E-state index in [2.05, 4.69) is 0 Å². The lowest BCUT2D eigenvalue weighted by atomic mass is 9.83. The van der Waals surface area contributed by atoms with Gasteiger partial charge in [0.1, 0.15) is 23.2 Å². The van der Waals surface area contributed by atoms with Gasteiger partial charge in [-0.1, -0.05) is 0 Å². The molecule has 5 heteroatoms. The van der Waals surface area contributed by atoms with Crippen LogP contribution in [0.1, 0.15) is 44.3 Å². The summed E-state index contributed by atoms with van der Waals surface area (Å²) < 4.78 is 11.6. The lowest BCUT2D eigenvalue weighted by Crippen LogP contribution is -2.56. The van der Waals surface area contributed by atoms with Crippen molar-refractivity contribution in [1.29, 1.82) is 0 Å². The van der Waals surface area contributed by atoms with Gasteiger partial charge in [0.15, 0.2) is 0 Å². The maximum absolute atomic E-state index is 10.5. The number of benzene rings is 1. The molecule has 0 amide bonds. The third-order valence-corrected chi connectivity index (χ3v) is 4.32. The standard InChI is InChI=1S/C15H21NO3.ClH/c1-2-18-10-5-6-12-11(9-10)13(17)14(16)15(19-12)7-3-4-8-15;/h5-6,9,13-14,17H,2-4,7-8,16H2,1H3;1H. The van der Waals surface area contributed by atoms with Gasteiger partial charge >= 0.3 is 0 Å². The number of hydrogen-bond acceptors (Lipinski definition) is 4. The molecule has 2 unspecified atom stereocenters. The van der Waals surface area contributed by atoms with E-state index in [0.717, 1.165) is 42.7 Å². The van der Waals surface area contributed by atoms with E-state index < -0.39 is 6.10 Å². The topological polar surface area (TPSA) is 64.7 Å². The minimum Gasteiger partial charge on any atom is -0.494 e. The average Bonchev–Trinajstić information content (AvgIpc) is 2.87. The van der Waals surface area contributed by atoms with Crippen LogP contribution in [-0.4, -0.2) is 23.4 Å². The monoisotopic (exact) mass is 299 g/mol. The van der Waals surface area contributed by atoms with E-state index in [1.807, 2.05) is 25.1 Å². The van der Waals surface area contributed by atoms with Crippen molar-refractivity contribution in [1.82, 2.24) is 0 Å². The van der Waals surface area contributed by atoms with Gasteiger partial charge in [-0.3, -0.25) is 0 Å². The van der Waals surface area contributed by atoms with Crippen LogP contribution in [-0.2, 0) is 0 Å². The van der Waals surface area contributed by atoms with Crippen LogP contribution in [0.3, 0.4) is 0 Å². The molecule has 0 bridgehead atoms. The molecule has 3 N–H and O–H groups in total. The molecule has 0 aromatic heterocycles. The van der Waals surface area contributed by atoms with Crippen molar-refractivity contribution in [2.45, 2.75) is 50.4 Å². The largest absolute Gasteiger partial charge is 0.494 e. The SMILES string of the molecule is CCOc1ccc2c(c1)C(O)C(N)C1(CCCC1)O2.Cl. The van der Waals surface area contributed by atoms with Crippen LogP contribution >= 0.6 is 12.4 Å². The molecule has 1 saturated carbocycles. The highest BCUT2D eigenvalue weighted by molar-refractivity contribution is 5.85. The Morgan fingerprint density at radius 3 is 2.75 bits per heavy atom.